The molecule has 0 amide bonds. The summed E-state index contributed by atoms with van der Waals surface area (Å²) in [7, 11) is 0. The highest BCUT2D eigenvalue weighted by molar-refractivity contribution is 6.17. The molecule has 2 unspecified atom stereocenters. The molecule has 2 atom stereocenters. The zero-order valence-electron chi connectivity index (χ0n) is 20.8. The number of aliphatic imine (C=N–C) groups is 2. The first-order valence-corrected chi connectivity index (χ1v) is 12.2. The maximum absolute atomic E-state index is 14.0. The van der Waals surface area contributed by atoms with Crippen LogP contribution in [-0.2, 0) is 6.54 Å². The van der Waals surface area contributed by atoms with Crippen LogP contribution in [0.25, 0.3) is 16.5 Å². The van der Waals surface area contributed by atoms with Crippen molar-refractivity contribution in [1.82, 2.24) is 9.58 Å². The molecule has 2 aliphatic heterocycles. The second-order valence-electron chi connectivity index (χ2n) is 9.56. The Balaban J connectivity index is 1.53. The lowest BCUT2D eigenvalue weighted by molar-refractivity contribution is 0.210. The van der Waals surface area contributed by atoms with Crippen molar-refractivity contribution >= 4 is 28.7 Å². The first kappa shape index (κ1) is 23.6. The Hall–Kier alpha value is -4.79. The van der Waals surface area contributed by atoms with Gasteiger partial charge in [0.25, 0.3) is 5.56 Å². The van der Waals surface area contributed by atoms with E-state index < -0.39 is 23.7 Å². The first-order valence-electron chi connectivity index (χ1n) is 12.2. The molecule has 38 heavy (non-hydrogen) atoms. The minimum atomic E-state index is -0.724. The summed E-state index contributed by atoms with van der Waals surface area (Å²) in [5, 5.41) is 18.1. The lowest BCUT2D eigenvalue weighted by Gasteiger charge is -2.27. The Labute approximate surface area is 217 Å². The van der Waals surface area contributed by atoms with Gasteiger partial charge >= 0.3 is 0 Å². The topological polar surface area (TPSA) is 109 Å². The van der Waals surface area contributed by atoms with Crippen molar-refractivity contribution in [2.75, 3.05) is 0 Å². The largest absolute Gasteiger partial charge is 0.505 e. The third-order valence-corrected chi connectivity index (χ3v) is 7.13. The molecule has 0 saturated carbocycles. The summed E-state index contributed by atoms with van der Waals surface area (Å²) in [4.78, 5) is 22.7. The number of phenolic OH excluding ortho intramolecular Hbond substituents is 1. The van der Waals surface area contributed by atoms with Crippen LogP contribution in [0.2, 0.25) is 0 Å². The molecule has 3 N–H and O–H groups in total. The van der Waals surface area contributed by atoms with Gasteiger partial charge in [-0.2, -0.15) is 5.10 Å². The van der Waals surface area contributed by atoms with Gasteiger partial charge in [0.2, 0.25) is 0 Å². The fourth-order valence-electron chi connectivity index (χ4n) is 5.27. The second kappa shape index (κ2) is 8.95. The highest BCUT2D eigenvalue weighted by Gasteiger charge is 2.42. The second-order valence-corrected chi connectivity index (χ2v) is 9.56. The number of amidine groups is 1. The molecular weight excluding hydrogens is 483 g/mol. The van der Waals surface area contributed by atoms with Crippen LogP contribution in [0.5, 0.6) is 5.75 Å². The highest BCUT2D eigenvalue weighted by atomic mass is 19.1. The molecule has 4 aromatic rings. The van der Waals surface area contributed by atoms with E-state index in [9.17, 15) is 14.3 Å². The lowest BCUT2D eigenvalue weighted by Crippen LogP contribution is -2.42. The average Bonchev–Trinajstić information content (AvgIpc) is 3.26. The van der Waals surface area contributed by atoms with Crippen molar-refractivity contribution < 1.29 is 9.50 Å². The van der Waals surface area contributed by atoms with E-state index in [0.717, 1.165) is 27.9 Å². The van der Waals surface area contributed by atoms with Crippen LogP contribution < -0.4 is 11.3 Å². The van der Waals surface area contributed by atoms with Crippen molar-refractivity contribution in [2.45, 2.75) is 26.6 Å². The van der Waals surface area contributed by atoms with E-state index in [4.69, 9.17) is 10.8 Å². The smallest absolute Gasteiger partial charge is 0.263 e. The summed E-state index contributed by atoms with van der Waals surface area (Å²) >= 11 is 0. The van der Waals surface area contributed by atoms with Crippen LogP contribution in [0.1, 0.15) is 22.4 Å². The zero-order valence-corrected chi connectivity index (χ0v) is 20.8. The number of hydrogen-bond acceptors (Lipinski definition) is 7. The molecule has 3 heterocycles. The van der Waals surface area contributed by atoms with Gasteiger partial charge in [0.15, 0.2) is 17.7 Å². The number of aryl methyl sites for hydroxylation is 2. The minimum absolute atomic E-state index is 0.110. The number of aromatic hydroxyl groups is 1. The van der Waals surface area contributed by atoms with Crippen molar-refractivity contribution in [1.29, 1.82) is 0 Å². The fourth-order valence-corrected chi connectivity index (χ4v) is 5.27. The van der Waals surface area contributed by atoms with Crippen LogP contribution in [0, 0.1) is 25.6 Å². The maximum Gasteiger partial charge on any atom is 0.263 e. The molecule has 9 heteroatoms. The Morgan fingerprint density at radius 3 is 2.61 bits per heavy atom. The van der Waals surface area contributed by atoms with Gasteiger partial charge in [-0.15, -0.1) is 0 Å². The summed E-state index contributed by atoms with van der Waals surface area (Å²) < 4.78 is 15.5. The average molecular weight is 509 g/mol. The van der Waals surface area contributed by atoms with E-state index in [2.05, 4.69) is 9.98 Å². The maximum atomic E-state index is 14.0. The third kappa shape index (κ3) is 3.75. The van der Waals surface area contributed by atoms with Gasteiger partial charge in [-0.05, 0) is 60.7 Å². The molecule has 2 aliphatic rings. The Morgan fingerprint density at radius 1 is 1.03 bits per heavy atom. The van der Waals surface area contributed by atoms with Crippen LogP contribution in [0.4, 0.5) is 4.39 Å². The molecule has 8 nitrogen and oxygen atoms in total. The van der Waals surface area contributed by atoms with Gasteiger partial charge in [0.05, 0.1) is 23.3 Å². The van der Waals surface area contributed by atoms with Gasteiger partial charge < -0.3 is 10.8 Å². The normalized spacial score (nSPS) is 18.4. The summed E-state index contributed by atoms with van der Waals surface area (Å²) in [5.41, 5.74) is 10.6. The van der Waals surface area contributed by atoms with Crippen LogP contribution in [-0.4, -0.2) is 38.7 Å². The number of aromatic nitrogens is 1. The van der Waals surface area contributed by atoms with Gasteiger partial charge in [0.1, 0.15) is 18.1 Å². The van der Waals surface area contributed by atoms with Crippen molar-refractivity contribution in [3.63, 3.8) is 0 Å². The number of halogens is 1. The summed E-state index contributed by atoms with van der Waals surface area (Å²) in [6.07, 6.45) is 0.894. The zero-order chi connectivity index (χ0) is 26.6. The lowest BCUT2D eigenvalue weighted by atomic mass is 9.93. The summed E-state index contributed by atoms with van der Waals surface area (Å²) in [6.45, 7) is 4.15. The molecule has 0 radical (unpaired) electrons. The molecule has 3 aromatic carbocycles. The Bertz CT molecular complexity index is 1760. The number of nitrogens with two attached hydrogens (primary N) is 1. The molecule has 6 rings (SSSR count). The SMILES string of the molecule is Cc1ccccc1-n1c(CN2N=C(c3ccc(F)c(O)c3)C3C(N)=NC=NC32)cc2cccc(C)c2c1=O. The van der Waals surface area contributed by atoms with Gasteiger partial charge in [0, 0.05) is 11.3 Å². The van der Waals surface area contributed by atoms with E-state index >= 15 is 0 Å². The van der Waals surface area contributed by atoms with Crippen molar-refractivity contribution in [3.8, 4) is 11.4 Å². The summed E-state index contributed by atoms with van der Waals surface area (Å²) in [6, 6.07) is 19.6. The molecule has 1 aromatic heterocycles. The Kier molecular flexibility index (Phi) is 5.56. The van der Waals surface area contributed by atoms with E-state index in [0.29, 0.717) is 22.5 Å². The molecule has 0 bridgehead atoms. The van der Waals surface area contributed by atoms with Crippen LogP contribution >= 0.6 is 0 Å². The number of pyridine rings is 1. The number of fused-ring (bicyclic) bond motifs is 2. The van der Waals surface area contributed by atoms with E-state index in [1.165, 1.54) is 18.5 Å². The number of nitrogens with zero attached hydrogens (tertiary/aromatic N) is 5. The number of benzene rings is 3. The minimum Gasteiger partial charge on any atom is -0.505 e. The number of rotatable bonds is 4. The fraction of sp³-hybridized carbons (Fsp3) is 0.172. The number of hydrogen-bond donors (Lipinski definition) is 2. The summed E-state index contributed by atoms with van der Waals surface area (Å²) in [5.74, 6) is -1.38. The van der Waals surface area contributed by atoms with E-state index in [1.54, 1.807) is 15.6 Å². The molecule has 190 valence electrons. The quantitative estimate of drug-likeness (QED) is 0.434. The molecule has 0 fully saturated rings. The van der Waals surface area contributed by atoms with E-state index in [-0.39, 0.29) is 12.1 Å². The van der Waals surface area contributed by atoms with Gasteiger partial charge in [-0.25, -0.2) is 14.4 Å². The predicted octanol–water partition coefficient (Wildman–Crippen LogP) is 4.01. The number of para-hydroxylation sites is 1. The standard InChI is InChI=1S/C29H25FN6O2/c1-16-6-3-4-9-22(16)36-20(12-18-8-5-7-17(2)24(18)29(36)38)14-35-28-25(27(31)32-15-33-28)26(34-35)19-10-11-21(30)23(37)13-19/h3-13,15,25,28,37H,14H2,1-2H3,(H2,31,32,33). The molecule has 0 spiro atoms. The van der Waals surface area contributed by atoms with Crippen LogP contribution in [0.15, 0.2) is 86.6 Å². The number of hydrazone groups is 1. The Morgan fingerprint density at radius 2 is 1.82 bits per heavy atom. The van der Waals surface area contributed by atoms with Crippen molar-refractivity contribution in [2.24, 2.45) is 26.7 Å². The molecule has 0 saturated heterocycles. The predicted molar refractivity (Wildman–Crippen MR) is 147 cm³/mol. The van der Waals surface area contributed by atoms with Crippen molar-refractivity contribution in [3.05, 3.63) is 105 Å². The number of phenols is 1. The third-order valence-electron chi connectivity index (χ3n) is 7.13. The molecule has 0 aliphatic carbocycles. The monoisotopic (exact) mass is 508 g/mol. The van der Waals surface area contributed by atoms with Gasteiger partial charge in [-0.3, -0.25) is 14.4 Å². The highest BCUT2D eigenvalue weighted by Crippen LogP contribution is 2.32. The van der Waals surface area contributed by atoms with Gasteiger partial charge in [-0.1, -0.05) is 36.4 Å². The van der Waals surface area contributed by atoms with Crippen LogP contribution in [0.3, 0.4) is 0 Å². The van der Waals surface area contributed by atoms with E-state index in [1.807, 2.05) is 62.4 Å². The molecular formula is C29H25FN6O2. The first-order chi connectivity index (χ1) is 18.3.